The molecule has 2 heterocycles. The van der Waals surface area contributed by atoms with Gasteiger partial charge in [0.1, 0.15) is 0 Å². The van der Waals surface area contributed by atoms with Gasteiger partial charge < -0.3 is 5.32 Å². The fraction of sp³-hybridized carbons (Fsp3) is 0.190. The minimum atomic E-state index is -0.476. The summed E-state index contributed by atoms with van der Waals surface area (Å²) in [7, 11) is 0. The zero-order valence-corrected chi connectivity index (χ0v) is 15.5. The van der Waals surface area contributed by atoms with Gasteiger partial charge in [0.25, 0.3) is 5.56 Å². The van der Waals surface area contributed by atoms with Crippen molar-refractivity contribution in [3.05, 3.63) is 87.3 Å². The maximum Gasteiger partial charge on any atom is 0.257 e. The second-order valence-corrected chi connectivity index (χ2v) is 6.69. The number of benzene rings is 2. The smallest absolute Gasteiger partial charge is 0.257 e. The molecular formula is C21H21N5O. The fourth-order valence-corrected chi connectivity index (χ4v) is 3.17. The summed E-state index contributed by atoms with van der Waals surface area (Å²) < 4.78 is 1.58. The van der Waals surface area contributed by atoms with Crippen LogP contribution >= 0.6 is 0 Å². The van der Waals surface area contributed by atoms with Crippen molar-refractivity contribution < 1.29 is 0 Å². The highest BCUT2D eigenvalue weighted by molar-refractivity contribution is 6.04. The maximum absolute atomic E-state index is 12.6. The molecule has 0 aliphatic carbocycles. The molecule has 6 nitrogen and oxygen atoms in total. The summed E-state index contributed by atoms with van der Waals surface area (Å²) in [5, 5.41) is 6.52. The van der Waals surface area contributed by atoms with Crippen molar-refractivity contribution in [2.45, 2.75) is 26.9 Å². The zero-order chi connectivity index (χ0) is 19.0. The topological polar surface area (TPSA) is 71.3 Å². The minimum Gasteiger partial charge on any atom is -0.326 e. The van der Waals surface area contributed by atoms with Crippen LogP contribution in [0.5, 0.6) is 0 Å². The van der Waals surface area contributed by atoms with E-state index in [1.54, 1.807) is 4.57 Å². The normalized spacial score (nSPS) is 15.5. The van der Waals surface area contributed by atoms with Crippen molar-refractivity contribution in [3.8, 4) is 0 Å². The SMILES string of the molecule is Cc1cc(=O)n2c(n1)NC(Nc1cccc(C)c1C)=N[C@@H]2c1ccccc1. The second-order valence-electron chi connectivity index (χ2n) is 6.69. The van der Waals surface area contributed by atoms with Crippen LogP contribution in [0.25, 0.3) is 0 Å². The molecule has 0 bridgehead atoms. The van der Waals surface area contributed by atoms with Crippen molar-refractivity contribution in [1.82, 2.24) is 9.55 Å². The van der Waals surface area contributed by atoms with Crippen molar-refractivity contribution in [3.63, 3.8) is 0 Å². The summed E-state index contributed by atoms with van der Waals surface area (Å²) in [6.45, 7) is 5.95. The van der Waals surface area contributed by atoms with Gasteiger partial charge in [0.2, 0.25) is 11.9 Å². The number of aromatic nitrogens is 2. The van der Waals surface area contributed by atoms with Crippen molar-refractivity contribution in [2.24, 2.45) is 4.99 Å². The van der Waals surface area contributed by atoms with Gasteiger partial charge in [-0.1, -0.05) is 42.5 Å². The van der Waals surface area contributed by atoms with Crippen LogP contribution in [0, 0.1) is 20.8 Å². The predicted octanol–water partition coefficient (Wildman–Crippen LogP) is 3.61. The van der Waals surface area contributed by atoms with Crippen LogP contribution in [0.3, 0.4) is 0 Å². The first-order valence-corrected chi connectivity index (χ1v) is 8.86. The lowest BCUT2D eigenvalue weighted by molar-refractivity contribution is 0.577. The average molecular weight is 359 g/mol. The number of aryl methyl sites for hydroxylation is 2. The molecule has 2 N–H and O–H groups in total. The maximum atomic E-state index is 12.6. The first-order valence-electron chi connectivity index (χ1n) is 8.86. The monoisotopic (exact) mass is 359 g/mol. The Labute approximate surface area is 157 Å². The number of guanidine groups is 1. The Morgan fingerprint density at radius 2 is 1.81 bits per heavy atom. The van der Waals surface area contributed by atoms with Gasteiger partial charge in [-0.15, -0.1) is 0 Å². The zero-order valence-electron chi connectivity index (χ0n) is 15.5. The van der Waals surface area contributed by atoms with E-state index in [1.165, 1.54) is 11.6 Å². The van der Waals surface area contributed by atoms with Crippen LogP contribution in [0.4, 0.5) is 11.6 Å². The Kier molecular flexibility index (Phi) is 4.24. The number of anilines is 2. The Morgan fingerprint density at radius 1 is 1.04 bits per heavy atom. The third-order valence-corrected chi connectivity index (χ3v) is 4.76. The minimum absolute atomic E-state index is 0.131. The van der Waals surface area contributed by atoms with Gasteiger partial charge in [0, 0.05) is 17.4 Å². The van der Waals surface area contributed by atoms with Gasteiger partial charge in [-0.25, -0.2) is 9.98 Å². The molecule has 0 fully saturated rings. The summed E-state index contributed by atoms with van der Waals surface area (Å²) in [5.74, 6) is 1.05. The molecule has 3 aromatic rings. The van der Waals surface area contributed by atoms with Gasteiger partial charge >= 0.3 is 0 Å². The van der Waals surface area contributed by atoms with Gasteiger partial charge in [-0.3, -0.25) is 14.7 Å². The molecule has 0 unspecified atom stereocenters. The molecule has 27 heavy (non-hydrogen) atoms. The van der Waals surface area contributed by atoms with E-state index >= 15 is 0 Å². The average Bonchev–Trinajstić information content (AvgIpc) is 2.65. The number of nitrogens with one attached hydrogen (secondary N) is 2. The summed E-state index contributed by atoms with van der Waals surface area (Å²) in [6, 6.07) is 17.4. The van der Waals surface area contributed by atoms with Crippen LogP contribution in [0.15, 0.2) is 64.4 Å². The molecular weight excluding hydrogens is 338 g/mol. The van der Waals surface area contributed by atoms with E-state index < -0.39 is 6.17 Å². The summed E-state index contributed by atoms with van der Waals surface area (Å²) >= 11 is 0. The molecule has 0 saturated carbocycles. The molecule has 0 spiro atoms. The Balaban J connectivity index is 1.81. The molecule has 2 aromatic carbocycles. The first-order chi connectivity index (χ1) is 13.0. The number of hydrogen-bond donors (Lipinski definition) is 2. The Hall–Kier alpha value is -3.41. The number of aliphatic imine (C=N–C) groups is 1. The second kappa shape index (κ2) is 6.72. The van der Waals surface area contributed by atoms with E-state index in [1.807, 2.05) is 49.4 Å². The standard InChI is InChI=1S/C21H21N5O/c1-13-8-7-11-17(15(13)3)23-20-24-19(16-9-5-4-6-10-16)26-18(27)12-14(2)22-21(26)25-20/h4-12,19H,1-3H3,(H2,22,23,24,25)/t19-/m0/s1. The lowest BCUT2D eigenvalue weighted by Gasteiger charge is -2.27. The van der Waals surface area contributed by atoms with Crippen LogP contribution in [-0.2, 0) is 0 Å². The van der Waals surface area contributed by atoms with E-state index in [2.05, 4.69) is 35.5 Å². The molecule has 0 radical (unpaired) electrons. The van der Waals surface area contributed by atoms with Crippen LogP contribution in [-0.4, -0.2) is 15.5 Å². The number of nitrogens with zero attached hydrogens (tertiary/aromatic N) is 3. The van der Waals surface area contributed by atoms with Gasteiger partial charge in [-0.05, 0) is 43.5 Å². The third-order valence-electron chi connectivity index (χ3n) is 4.76. The molecule has 1 aromatic heterocycles. The number of hydrogen-bond acceptors (Lipinski definition) is 5. The largest absolute Gasteiger partial charge is 0.326 e. The third kappa shape index (κ3) is 3.21. The Morgan fingerprint density at radius 3 is 2.59 bits per heavy atom. The predicted molar refractivity (Wildman–Crippen MR) is 108 cm³/mol. The quantitative estimate of drug-likeness (QED) is 0.733. The van der Waals surface area contributed by atoms with Crippen LogP contribution < -0.4 is 16.2 Å². The highest BCUT2D eigenvalue weighted by Crippen LogP contribution is 2.26. The van der Waals surface area contributed by atoms with E-state index in [9.17, 15) is 4.79 Å². The highest BCUT2D eigenvalue weighted by atomic mass is 16.1. The molecule has 1 aliphatic heterocycles. The van der Waals surface area contributed by atoms with Crippen molar-refractivity contribution in [1.29, 1.82) is 0 Å². The van der Waals surface area contributed by atoms with E-state index in [0.29, 0.717) is 17.6 Å². The molecule has 1 aliphatic rings. The van der Waals surface area contributed by atoms with Gasteiger partial charge in [0.15, 0.2) is 6.17 Å². The lowest BCUT2D eigenvalue weighted by atomic mass is 10.1. The molecule has 136 valence electrons. The van der Waals surface area contributed by atoms with Crippen molar-refractivity contribution >= 4 is 17.6 Å². The lowest BCUT2D eigenvalue weighted by Crippen LogP contribution is -2.37. The molecule has 0 saturated heterocycles. The summed E-state index contributed by atoms with van der Waals surface area (Å²) in [5.41, 5.74) is 4.77. The van der Waals surface area contributed by atoms with Crippen LogP contribution in [0.2, 0.25) is 0 Å². The number of rotatable bonds is 2. The molecule has 4 rings (SSSR count). The summed E-state index contributed by atoms with van der Waals surface area (Å²) in [4.78, 5) is 21.9. The molecule has 1 atom stereocenters. The fourth-order valence-electron chi connectivity index (χ4n) is 3.17. The van der Waals surface area contributed by atoms with Gasteiger partial charge in [-0.2, -0.15) is 0 Å². The summed E-state index contributed by atoms with van der Waals surface area (Å²) in [6.07, 6.45) is -0.476. The Bertz CT molecular complexity index is 1090. The van der Waals surface area contributed by atoms with Gasteiger partial charge in [0.05, 0.1) is 0 Å². The van der Waals surface area contributed by atoms with E-state index in [0.717, 1.165) is 16.8 Å². The molecule has 6 heteroatoms. The van der Waals surface area contributed by atoms with Crippen molar-refractivity contribution in [2.75, 3.05) is 10.6 Å². The first kappa shape index (κ1) is 17.0. The van der Waals surface area contributed by atoms with Crippen LogP contribution in [0.1, 0.15) is 28.6 Å². The van der Waals surface area contributed by atoms with E-state index in [4.69, 9.17) is 4.99 Å². The molecule has 0 amide bonds. The number of fused-ring (bicyclic) bond motifs is 1. The highest BCUT2D eigenvalue weighted by Gasteiger charge is 2.25. The van der Waals surface area contributed by atoms with E-state index in [-0.39, 0.29) is 5.56 Å².